The molecule has 2 aliphatic rings. The van der Waals surface area contributed by atoms with E-state index >= 15 is 0 Å². The van der Waals surface area contributed by atoms with Gasteiger partial charge in [-0.15, -0.1) is 0 Å². The van der Waals surface area contributed by atoms with E-state index in [9.17, 15) is 9.82 Å². The molecule has 5 nitrogen and oxygen atoms in total. The van der Waals surface area contributed by atoms with Crippen LogP contribution in [0.4, 0.5) is 0 Å². The molecule has 0 radical (unpaired) electrons. The first-order chi connectivity index (χ1) is 10.7. The van der Waals surface area contributed by atoms with Crippen molar-refractivity contribution < 1.29 is 14.5 Å². The minimum atomic E-state index is -0.848. The van der Waals surface area contributed by atoms with Gasteiger partial charge in [-0.2, -0.15) is 0 Å². The Kier molecular flexibility index (Phi) is 3.20. The van der Waals surface area contributed by atoms with Gasteiger partial charge in [0.1, 0.15) is 0 Å². The topological polar surface area (TPSA) is 62.7 Å². The SMILES string of the molecule is O=C1c2ccncc2CCN1Cc1ccc2c(c1)B(O)OC2. The Hall–Kier alpha value is -2.18. The van der Waals surface area contributed by atoms with Gasteiger partial charge in [0.05, 0.1) is 6.61 Å². The lowest BCUT2D eigenvalue weighted by molar-refractivity contribution is 0.0726. The van der Waals surface area contributed by atoms with Crippen LogP contribution in [0.1, 0.15) is 27.0 Å². The Bertz CT molecular complexity index is 750. The maximum atomic E-state index is 12.5. The fraction of sp³-hybridized carbons (Fsp3) is 0.250. The number of hydrogen-bond donors (Lipinski definition) is 1. The number of benzene rings is 1. The Labute approximate surface area is 128 Å². The highest BCUT2D eigenvalue weighted by Gasteiger charge is 2.28. The molecule has 3 heterocycles. The number of hydrogen-bond acceptors (Lipinski definition) is 4. The van der Waals surface area contributed by atoms with Gasteiger partial charge in [0.15, 0.2) is 0 Å². The maximum absolute atomic E-state index is 12.5. The standard InChI is InChI=1S/C16H15BN2O3/c20-16-14-3-5-18-8-12(14)4-6-19(16)9-11-1-2-13-10-22-17(21)15(13)7-11/h1-3,5,7-8,21H,4,6,9-10H2. The number of nitrogens with zero attached hydrogens (tertiary/aromatic N) is 2. The van der Waals surface area contributed by atoms with Gasteiger partial charge >= 0.3 is 7.12 Å². The fourth-order valence-electron chi connectivity index (χ4n) is 3.10. The number of rotatable bonds is 2. The van der Waals surface area contributed by atoms with Gasteiger partial charge in [0, 0.05) is 31.0 Å². The summed E-state index contributed by atoms with van der Waals surface area (Å²) in [5, 5.41) is 9.78. The largest absolute Gasteiger partial charge is 0.491 e. The summed E-state index contributed by atoms with van der Waals surface area (Å²) in [6.45, 7) is 1.67. The van der Waals surface area contributed by atoms with E-state index < -0.39 is 7.12 Å². The third kappa shape index (κ3) is 2.21. The van der Waals surface area contributed by atoms with Crippen molar-refractivity contribution in [2.24, 2.45) is 0 Å². The molecule has 0 spiro atoms. The molecule has 0 bridgehead atoms. The second kappa shape index (κ2) is 5.23. The number of aromatic nitrogens is 1. The van der Waals surface area contributed by atoms with Crippen molar-refractivity contribution >= 4 is 18.5 Å². The van der Waals surface area contributed by atoms with Crippen molar-refractivity contribution in [3.63, 3.8) is 0 Å². The van der Waals surface area contributed by atoms with Gasteiger partial charge in [-0.05, 0) is 34.6 Å². The first-order valence-corrected chi connectivity index (χ1v) is 7.36. The molecule has 2 aliphatic heterocycles. The lowest BCUT2D eigenvalue weighted by Crippen LogP contribution is -2.37. The van der Waals surface area contributed by atoms with Gasteiger partial charge in [-0.1, -0.05) is 18.2 Å². The second-order valence-electron chi connectivity index (χ2n) is 5.71. The molecule has 0 unspecified atom stereocenters. The summed E-state index contributed by atoms with van der Waals surface area (Å²) in [6.07, 6.45) is 4.25. The van der Waals surface area contributed by atoms with Gasteiger partial charge in [-0.25, -0.2) is 0 Å². The lowest BCUT2D eigenvalue weighted by atomic mass is 9.79. The van der Waals surface area contributed by atoms with Crippen molar-refractivity contribution in [1.29, 1.82) is 0 Å². The average Bonchev–Trinajstić information content (AvgIpc) is 2.91. The molecule has 1 N–H and O–H groups in total. The van der Waals surface area contributed by atoms with E-state index in [0.29, 0.717) is 19.7 Å². The highest BCUT2D eigenvalue weighted by atomic mass is 16.5. The van der Waals surface area contributed by atoms with Crippen LogP contribution in [0.25, 0.3) is 0 Å². The van der Waals surface area contributed by atoms with E-state index in [1.807, 2.05) is 23.1 Å². The quantitative estimate of drug-likeness (QED) is 0.819. The van der Waals surface area contributed by atoms with E-state index in [1.54, 1.807) is 18.5 Å². The van der Waals surface area contributed by atoms with Gasteiger partial charge in [-0.3, -0.25) is 9.78 Å². The monoisotopic (exact) mass is 294 g/mol. The van der Waals surface area contributed by atoms with E-state index in [-0.39, 0.29) is 5.91 Å². The highest BCUT2D eigenvalue weighted by molar-refractivity contribution is 6.61. The predicted octanol–water partition coefficient (Wildman–Crippen LogP) is 0.498. The van der Waals surface area contributed by atoms with E-state index in [0.717, 1.165) is 34.1 Å². The molecular weight excluding hydrogens is 279 g/mol. The Morgan fingerprint density at radius 3 is 3.14 bits per heavy atom. The summed E-state index contributed by atoms with van der Waals surface area (Å²) in [6, 6.07) is 7.68. The highest BCUT2D eigenvalue weighted by Crippen LogP contribution is 2.20. The van der Waals surface area contributed by atoms with Crippen molar-refractivity contribution in [1.82, 2.24) is 9.88 Å². The molecule has 1 amide bonds. The second-order valence-corrected chi connectivity index (χ2v) is 5.71. The zero-order valence-corrected chi connectivity index (χ0v) is 12.0. The maximum Gasteiger partial charge on any atom is 0.491 e. The number of amides is 1. The third-order valence-corrected chi connectivity index (χ3v) is 4.32. The number of fused-ring (bicyclic) bond motifs is 2. The summed E-state index contributed by atoms with van der Waals surface area (Å²) in [5.74, 6) is 0.0425. The van der Waals surface area contributed by atoms with Crippen molar-refractivity contribution in [3.8, 4) is 0 Å². The van der Waals surface area contributed by atoms with Crippen LogP contribution in [-0.4, -0.2) is 34.5 Å². The smallest absolute Gasteiger partial charge is 0.423 e. The van der Waals surface area contributed by atoms with Crippen molar-refractivity contribution in [2.45, 2.75) is 19.6 Å². The summed E-state index contributed by atoms with van der Waals surface area (Å²) in [5.41, 5.74) is 4.59. The van der Waals surface area contributed by atoms with Gasteiger partial charge < -0.3 is 14.6 Å². The van der Waals surface area contributed by atoms with Crippen LogP contribution in [0.5, 0.6) is 0 Å². The first kappa shape index (κ1) is 13.5. The van der Waals surface area contributed by atoms with Crippen LogP contribution < -0.4 is 5.46 Å². The van der Waals surface area contributed by atoms with Crippen LogP contribution in [0.15, 0.2) is 36.7 Å². The lowest BCUT2D eigenvalue weighted by Gasteiger charge is -2.28. The van der Waals surface area contributed by atoms with Crippen LogP contribution in [-0.2, 0) is 24.2 Å². The van der Waals surface area contributed by atoms with Crippen LogP contribution in [0.3, 0.4) is 0 Å². The number of pyridine rings is 1. The van der Waals surface area contributed by atoms with E-state index in [1.165, 1.54) is 0 Å². The first-order valence-electron chi connectivity index (χ1n) is 7.36. The molecule has 4 rings (SSSR count). The van der Waals surface area contributed by atoms with E-state index in [4.69, 9.17) is 4.65 Å². The fourth-order valence-corrected chi connectivity index (χ4v) is 3.10. The molecule has 22 heavy (non-hydrogen) atoms. The Morgan fingerprint density at radius 2 is 2.23 bits per heavy atom. The number of carbonyl (C=O) groups is 1. The zero-order valence-electron chi connectivity index (χ0n) is 12.0. The van der Waals surface area contributed by atoms with Crippen molar-refractivity contribution in [3.05, 3.63) is 58.9 Å². The molecule has 0 fully saturated rings. The third-order valence-electron chi connectivity index (χ3n) is 4.32. The average molecular weight is 294 g/mol. The molecule has 2 aromatic rings. The van der Waals surface area contributed by atoms with E-state index in [2.05, 4.69) is 4.98 Å². The van der Waals surface area contributed by atoms with Crippen LogP contribution in [0, 0.1) is 0 Å². The summed E-state index contributed by atoms with van der Waals surface area (Å²) < 4.78 is 5.20. The zero-order chi connectivity index (χ0) is 15.1. The molecule has 0 atom stereocenters. The number of carbonyl (C=O) groups excluding carboxylic acids is 1. The van der Waals surface area contributed by atoms with Crippen LogP contribution in [0.2, 0.25) is 0 Å². The summed E-state index contributed by atoms with van der Waals surface area (Å²) in [7, 11) is -0.848. The predicted molar refractivity (Wildman–Crippen MR) is 81.5 cm³/mol. The summed E-state index contributed by atoms with van der Waals surface area (Å²) >= 11 is 0. The van der Waals surface area contributed by atoms with Crippen molar-refractivity contribution in [2.75, 3.05) is 6.54 Å². The molecule has 6 heteroatoms. The minimum Gasteiger partial charge on any atom is -0.423 e. The Balaban J connectivity index is 1.58. The molecule has 110 valence electrons. The summed E-state index contributed by atoms with van der Waals surface area (Å²) in [4.78, 5) is 18.5. The molecule has 1 aromatic heterocycles. The molecule has 0 aliphatic carbocycles. The molecule has 0 saturated heterocycles. The van der Waals surface area contributed by atoms with Crippen LogP contribution >= 0.6 is 0 Å². The molecule has 1 aromatic carbocycles. The molecule has 0 saturated carbocycles. The minimum absolute atomic E-state index is 0.0425. The normalized spacial score (nSPS) is 16.7. The van der Waals surface area contributed by atoms with Gasteiger partial charge in [0.2, 0.25) is 0 Å². The Morgan fingerprint density at radius 1 is 1.32 bits per heavy atom. The molecular formula is C16H15BN2O3. The van der Waals surface area contributed by atoms with Gasteiger partial charge in [0.25, 0.3) is 5.91 Å².